The van der Waals surface area contributed by atoms with Crippen LogP contribution in [-0.2, 0) is 0 Å². The van der Waals surface area contributed by atoms with E-state index in [1.165, 1.54) is 17.8 Å². The standard InChI is InChI=1S/C17H16N2O2S/c20-16-15-14(13(11-22-15)12-7-3-1-4-8-12)21-17(18-16)19-9-5-2-6-10-19/h1,3-4,7-8,11H,2,5-6,9-10H2. The zero-order valence-corrected chi connectivity index (χ0v) is 12.9. The number of rotatable bonds is 2. The van der Waals surface area contributed by atoms with E-state index in [4.69, 9.17) is 4.42 Å². The van der Waals surface area contributed by atoms with Gasteiger partial charge in [0.15, 0.2) is 5.58 Å². The number of piperidine rings is 1. The maximum absolute atomic E-state index is 12.3. The fraction of sp³-hybridized carbons (Fsp3) is 0.294. The molecule has 1 aromatic carbocycles. The van der Waals surface area contributed by atoms with Crippen molar-refractivity contribution >= 4 is 27.6 Å². The number of aromatic nitrogens is 1. The van der Waals surface area contributed by atoms with Crippen LogP contribution in [0.15, 0.2) is 44.9 Å². The Balaban J connectivity index is 1.86. The van der Waals surface area contributed by atoms with Crippen molar-refractivity contribution in [1.82, 2.24) is 4.98 Å². The average molecular weight is 312 g/mol. The summed E-state index contributed by atoms with van der Waals surface area (Å²) in [7, 11) is 0. The third-order valence-corrected chi connectivity index (χ3v) is 4.99. The zero-order chi connectivity index (χ0) is 14.9. The first-order valence-electron chi connectivity index (χ1n) is 7.55. The largest absolute Gasteiger partial charge is 0.423 e. The smallest absolute Gasteiger partial charge is 0.301 e. The molecule has 0 atom stereocenters. The molecule has 0 saturated carbocycles. The molecule has 22 heavy (non-hydrogen) atoms. The summed E-state index contributed by atoms with van der Waals surface area (Å²) >= 11 is 1.40. The first kappa shape index (κ1) is 13.5. The normalized spacial score (nSPS) is 15.4. The van der Waals surface area contributed by atoms with Gasteiger partial charge in [0.05, 0.1) is 0 Å². The molecule has 4 nitrogen and oxygen atoms in total. The first-order valence-corrected chi connectivity index (χ1v) is 8.43. The summed E-state index contributed by atoms with van der Waals surface area (Å²) in [6.45, 7) is 1.82. The number of fused-ring (bicyclic) bond motifs is 1. The molecule has 3 aromatic rings. The van der Waals surface area contributed by atoms with Crippen LogP contribution in [0.3, 0.4) is 0 Å². The Morgan fingerprint density at radius 1 is 1.09 bits per heavy atom. The van der Waals surface area contributed by atoms with Gasteiger partial charge in [0.1, 0.15) is 4.70 Å². The summed E-state index contributed by atoms with van der Waals surface area (Å²) < 4.78 is 6.63. The van der Waals surface area contributed by atoms with Gasteiger partial charge in [-0.25, -0.2) is 0 Å². The van der Waals surface area contributed by atoms with Gasteiger partial charge >= 0.3 is 6.01 Å². The van der Waals surface area contributed by atoms with Crippen LogP contribution in [-0.4, -0.2) is 18.1 Å². The molecule has 4 rings (SSSR count). The number of hydrogen-bond acceptors (Lipinski definition) is 5. The predicted molar refractivity (Wildman–Crippen MR) is 89.7 cm³/mol. The molecule has 1 aliphatic rings. The van der Waals surface area contributed by atoms with Crippen LogP contribution >= 0.6 is 11.3 Å². The molecule has 112 valence electrons. The summed E-state index contributed by atoms with van der Waals surface area (Å²) in [5, 5.41) is 1.98. The molecule has 0 spiro atoms. The number of thiophene rings is 1. The van der Waals surface area contributed by atoms with Gasteiger partial charge in [-0.05, 0) is 24.8 Å². The molecule has 1 aliphatic heterocycles. The number of benzene rings is 1. The Bertz CT molecular complexity index is 848. The maximum atomic E-state index is 12.3. The lowest BCUT2D eigenvalue weighted by molar-refractivity contribution is 0.498. The van der Waals surface area contributed by atoms with E-state index in [2.05, 4.69) is 9.88 Å². The maximum Gasteiger partial charge on any atom is 0.301 e. The summed E-state index contributed by atoms with van der Waals surface area (Å²) in [5.74, 6) is 0. The lowest BCUT2D eigenvalue weighted by Crippen LogP contribution is -2.31. The number of anilines is 1. The summed E-state index contributed by atoms with van der Waals surface area (Å²) in [5.41, 5.74) is 2.51. The minimum Gasteiger partial charge on any atom is -0.423 e. The molecule has 0 amide bonds. The van der Waals surface area contributed by atoms with Gasteiger partial charge in [-0.3, -0.25) is 4.79 Å². The summed E-state index contributed by atoms with van der Waals surface area (Å²) in [6, 6.07) is 10.5. The monoisotopic (exact) mass is 312 g/mol. The van der Waals surface area contributed by atoms with Crippen molar-refractivity contribution in [3.63, 3.8) is 0 Å². The first-order chi connectivity index (χ1) is 10.8. The fourth-order valence-electron chi connectivity index (χ4n) is 2.89. The van der Waals surface area contributed by atoms with E-state index < -0.39 is 0 Å². The van der Waals surface area contributed by atoms with Crippen molar-refractivity contribution < 1.29 is 4.42 Å². The summed E-state index contributed by atoms with van der Waals surface area (Å²) in [4.78, 5) is 18.5. The van der Waals surface area contributed by atoms with Crippen LogP contribution in [0.1, 0.15) is 19.3 Å². The van der Waals surface area contributed by atoms with Gasteiger partial charge in [-0.15, -0.1) is 11.3 Å². The van der Waals surface area contributed by atoms with Crippen molar-refractivity contribution in [2.75, 3.05) is 18.0 Å². The van der Waals surface area contributed by atoms with E-state index in [0.29, 0.717) is 16.3 Å². The molecular formula is C17H16N2O2S. The van der Waals surface area contributed by atoms with Gasteiger partial charge in [0.25, 0.3) is 5.56 Å². The minimum atomic E-state index is -0.186. The molecule has 5 heteroatoms. The minimum absolute atomic E-state index is 0.186. The second-order valence-corrected chi connectivity index (χ2v) is 6.40. The number of hydrogen-bond donors (Lipinski definition) is 0. The molecule has 1 saturated heterocycles. The molecule has 0 bridgehead atoms. The Hall–Kier alpha value is -2.14. The zero-order valence-electron chi connectivity index (χ0n) is 12.1. The molecule has 3 heterocycles. The lowest BCUT2D eigenvalue weighted by Gasteiger charge is -2.25. The van der Waals surface area contributed by atoms with Crippen molar-refractivity contribution in [2.45, 2.75) is 19.3 Å². The SMILES string of the molecule is O=c1nc(N2CCCCC2)oc2c(-c3ccccc3)csc12. The van der Waals surface area contributed by atoms with E-state index >= 15 is 0 Å². The second kappa shape index (κ2) is 5.57. The van der Waals surface area contributed by atoms with Gasteiger partial charge in [0, 0.05) is 24.0 Å². The van der Waals surface area contributed by atoms with E-state index in [-0.39, 0.29) is 5.56 Å². The van der Waals surface area contributed by atoms with Crippen molar-refractivity contribution in [3.05, 3.63) is 46.1 Å². The van der Waals surface area contributed by atoms with E-state index in [1.54, 1.807) is 0 Å². The topological polar surface area (TPSA) is 46.3 Å². The van der Waals surface area contributed by atoms with Crippen molar-refractivity contribution in [2.24, 2.45) is 0 Å². The highest BCUT2D eigenvalue weighted by molar-refractivity contribution is 7.17. The van der Waals surface area contributed by atoms with Gasteiger partial charge < -0.3 is 9.32 Å². The number of nitrogens with zero attached hydrogens (tertiary/aromatic N) is 2. The predicted octanol–water partition coefficient (Wildman–Crippen LogP) is 3.91. The Morgan fingerprint density at radius 3 is 2.64 bits per heavy atom. The third-order valence-electron chi connectivity index (χ3n) is 4.04. The highest BCUT2D eigenvalue weighted by atomic mass is 32.1. The average Bonchev–Trinajstić information content (AvgIpc) is 3.01. The highest BCUT2D eigenvalue weighted by Crippen LogP contribution is 2.33. The van der Waals surface area contributed by atoms with Gasteiger partial charge in [-0.1, -0.05) is 30.3 Å². The Labute approximate surface area is 132 Å². The quantitative estimate of drug-likeness (QED) is 0.720. The third kappa shape index (κ3) is 2.31. The van der Waals surface area contributed by atoms with Crippen LogP contribution in [0, 0.1) is 0 Å². The van der Waals surface area contributed by atoms with Gasteiger partial charge in [0.2, 0.25) is 0 Å². The molecule has 2 aromatic heterocycles. The molecule has 0 aliphatic carbocycles. The van der Waals surface area contributed by atoms with Crippen LogP contribution < -0.4 is 10.5 Å². The van der Waals surface area contributed by atoms with Crippen molar-refractivity contribution in [3.8, 4) is 11.1 Å². The van der Waals surface area contributed by atoms with E-state index in [0.717, 1.165) is 37.1 Å². The van der Waals surface area contributed by atoms with Crippen molar-refractivity contribution in [1.29, 1.82) is 0 Å². The van der Waals surface area contributed by atoms with Crippen LogP contribution in [0.2, 0.25) is 0 Å². The molecule has 0 unspecified atom stereocenters. The van der Waals surface area contributed by atoms with Crippen LogP contribution in [0.4, 0.5) is 6.01 Å². The molecular weight excluding hydrogens is 296 g/mol. The van der Waals surface area contributed by atoms with Gasteiger partial charge in [-0.2, -0.15) is 4.98 Å². The summed E-state index contributed by atoms with van der Waals surface area (Å²) in [6.07, 6.45) is 3.48. The Kier molecular flexibility index (Phi) is 3.42. The van der Waals surface area contributed by atoms with Crippen LogP contribution in [0.25, 0.3) is 21.4 Å². The highest BCUT2D eigenvalue weighted by Gasteiger charge is 2.19. The molecule has 0 radical (unpaired) electrons. The Morgan fingerprint density at radius 2 is 1.86 bits per heavy atom. The fourth-order valence-corrected chi connectivity index (χ4v) is 3.77. The van der Waals surface area contributed by atoms with Crippen LogP contribution in [0.5, 0.6) is 0 Å². The van der Waals surface area contributed by atoms with E-state index in [9.17, 15) is 4.79 Å². The lowest BCUT2D eigenvalue weighted by atomic mass is 10.1. The second-order valence-electron chi connectivity index (χ2n) is 5.52. The molecule has 1 fully saturated rings. The molecule has 0 N–H and O–H groups in total. The van der Waals surface area contributed by atoms with E-state index in [1.807, 2.05) is 35.7 Å².